The Morgan fingerprint density at radius 2 is 1.62 bits per heavy atom. The van der Waals surface area contributed by atoms with Gasteiger partial charge in [0.25, 0.3) is 0 Å². The minimum Gasteiger partial charge on any atom is -0.371 e. The van der Waals surface area contributed by atoms with E-state index in [1.54, 1.807) is 0 Å². The van der Waals surface area contributed by atoms with Gasteiger partial charge >= 0.3 is 0 Å². The fourth-order valence-corrected chi connectivity index (χ4v) is 4.66. The number of aryl methyl sites for hydroxylation is 2. The van der Waals surface area contributed by atoms with Crippen molar-refractivity contribution < 1.29 is 0 Å². The van der Waals surface area contributed by atoms with E-state index in [4.69, 9.17) is 4.98 Å². The van der Waals surface area contributed by atoms with Crippen molar-refractivity contribution in [3.63, 3.8) is 0 Å². The largest absolute Gasteiger partial charge is 0.371 e. The van der Waals surface area contributed by atoms with Gasteiger partial charge in [-0.25, -0.2) is 0 Å². The van der Waals surface area contributed by atoms with Gasteiger partial charge in [-0.15, -0.1) is 0 Å². The first-order chi connectivity index (χ1) is 14.3. The Morgan fingerprint density at radius 1 is 0.828 bits per heavy atom. The molecule has 3 nitrogen and oxygen atoms in total. The molecule has 5 rings (SSSR count). The number of hydrogen-bond acceptors (Lipinski definition) is 3. The number of nitriles is 1. The normalized spacial score (nSPS) is 15.9. The van der Waals surface area contributed by atoms with Crippen molar-refractivity contribution >= 4 is 11.3 Å². The third-order valence-corrected chi connectivity index (χ3v) is 6.14. The van der Waals surface area contributed by atoms with Crippen molar-refractivity contribution in [2.45, 2.75) is 25.7 Å². The van der Waals surface area contributed by atoms with Crippen molar-refractivity contribution in [3.05, 3.63) is 100 Å². The van der Waals surface area contributed by atoms with Crippen molar-refractivity contribution in [1.29, 1.82) is 5.26 Å². The molecule has 0 radical (unpaired) electrons. The zero-order chi connectivity index (χ0) is 19.6. The summed E-state index contributed by atoms with van der Waals surface area (Å²) in [4.78, 5) is 7.29. The number of anilines is 1. The smallest absolute Gasteiger partial charge is 0.0991 e. The SMILES string of the molecule is N#Cc1ccc2c(c1)CCc1cccnc1C2=C1CCN(c2ccccc2)CC1. The molecule has 0 bridgehead atoms. The molecule has 2 aromatic carbocycles. The average molecular weight is 377 g/mol. The fourth-order valence-electron chi connectivity index (χ4n) is 4.66. The second kappa shape index (κ2) is 7.56. The molecule has 1 aliphatic heterocycles. The Balaban J connectivity index is 1.58. The highest BCUT2D eigenvalue weighted by atomic mass is 15.1. The van der Waals surface area contributed by atoms with Gasteiger partial charge in [0.15, 0.2) is 0 Å². The van der Waals surface area contributed by atoms with E-state index in [2.05, 4.69) is 59.5 Å². The first-order valence-corrected chi connectivity index (χ1v) is 10.3. The number of piperidine rings is 1. The maximum Gasteiger partial charge on any atom is 0.0991 e. The predicted molar refractivity (Wildman–Crippen MR) is 117 cm³/mol. The van der Waals surface area contributed by atoms with E-state index in [9.17, 15) is 5.26 Å². The lowest BCUT2D eigenvalue weighted by Crippen LogP contribution is -2.31. The van der Waals surface area contributed by atoms with Gasteiger partial charge in [-0.3, -0.25) is 4.98 Å². The summed E-state index contributed by atoms with van der Waals surface area (Å²) in [5.41, 5.74) is 9.84. The van der Waals surface area contributed by atoms with Crippen LogP contribution in [0.25, 0.3) is 5.57 Å². The molecular weight excluding hydrogens is 354 g/mol. The number of fused-ring (bicyclic) bond motifs is 2. The molecule has 1 aromatic heterocycles. The van der Waals surface area contributed by atoms with E-state index < -0.39 is 0 Å². The summed E-state index contributed by atoms with van der Waals surface area (Å²) in [6.07, 6.45) is 5.92. The van der Waals surface area contributed by atoms with Gasteiger partial charge in [-0.05, 0) is 72.7 Å². The minimum absolute atomic E-state index is 0.742. The number of rotatable bonds is 1. The topological polar surface area (TPSA) is 39.9 Å². The molecule has 0 atom stereocenters. The molecule has 1 aliphatic carbocycles. The van der Waals surface area contributed by atoms with Crippen LogP contribution in [0.5, 0.6) is 0 Å². The maximum atomic E-state index is 9.36. The van der Waals surface area contributed by atoms with Crippen molar-refractivity contribution in [2.24, 2.45) is 0 Å². The zero-order valence-corrected chi connectivity index (χ0v) is 16.4. The van der Waals surface area contributed by atoms with Gasteiger partial charge in [0.1, 0.15) is 0 Å². The fraction of sp³-hybridized carbons (Fsp3) is 0.231. The summed E-state index contributed by atoms with van der Waals surface area (Å²) < 4.78 is 0. The zero-order valence-electron chi connectivity index (χ0n) is 16.4. The highest BCUT2D eigenvalue weighted by Crippen LogP contribution is 2.38. The van der Waals surface area contributed by atoms with Crippen LogP contribution in [-0.4, -0.2) is 18.1 Å². The second-order valence-electron chi connectivity index (χ2n) is 7.80. The Labute approximate surface area is 172 Å². The molecule has 2 heterocycles. The van der Waals surface area contributed by atoms with Crippen LogP contribution in [0.2, 0.25) is 0 Å². The van der Waals surface area contributed by atoms with Crippen molar-refractivity contribution in [1.82, 2.24) is 4.98 Å². The molecule has 2 aliphatic rings. The molecule has 142 valence electrons. The van der Waals surface area contributed by atoms with Crippen LogP contribution in [-0.2, 0) is 12.8 Å². The Morgan fingerprint density at radius 3 is 2.41 bits per heavy atom. The Hall–Kier alpha value is -3.38. The quantitative estimate of drug-likeness (QED) is 0.588. The Bertz CT molecular complexity index is 1110. The van der Waals surface area contributed by atoms with Gasteiger partial charge in [0.2, 0.25) is 0 Å². The predicted octanol–water partition coefficient (Wildman–Crippen LogP) is 5.15. The third kappa shape index (κ3) is 3.32. The van der Waals surface area contributed by atoms with Crippen LogP contribution in [0.15, 0.2) is 72.4 Å². The monoisotopic (exact) mass is 377 g/mol. The standard InChI is InChI=1S/C26H23N3/c27-18-19-8-11-24-22(17-19)10-9-21-5-4-14-28-26(21)25(24)20-12-15-29(16-13-20)23-6-2-1-3-7-23/h1-8,11,14,17H,9-10,12-13,15-16H2. The molecule has 3 aromatic rings. The maximum absolute atomic E-state index is 9.36. The molecule has 0 unspecified atom stereocenters. The summed E-state index contributed by atoms with van der Waals surface area (Å²) >= 11 is 0. The van der Waals surface area contributed by atoms with E-state index in [-0.39, 0.29) is 0 Å². The number of hydrogen-bond donors (Lipinski definition) is 0. The minimum atomic E-state index is 0.742. The van der Waals surface area contributed by atoms with Gasteiger partial charge < -0.3 is 4.90 Å². The van der Waals surface area contributed by atoms with Crippen LogP contribution in [0, 0.1) is 11.3 Å². The van der Waals surface area contributed by atoms with Crippen LogP contribution in [0.4, 0.5) is 5.69 Å². The molecular formula is C26H23N3. The number of para-hydroxylation sites is 1. The average Bonchev–Trinajstić information content (AvgIpc) is 2.96. The second-order valence-corrected chi connectivity index (χ2v) is 7.80. The molecule has 1 fully saturated rings. The lowest BCUT2D eigenvalue weighted by Gasteiger charge is -2.32. The van der Waals surface area contributed by atoms with E-state index in [0.717, 1.165) is 50.0 Å². The molecule has 3 heteroatoms. The highest BCUT2D eigenvalue weighted by Gasteiger charge is 2.25. The molecule has 0 N–H and O–H groups in total. The first kappa shape index (κ1) is 17.7. The van der Waals surface area contributed by atoms with Crippen molar-refractivity contribution in [2.75, 3.05) is 18.0 Å². The highest BCUT2D eigenvalue weighted by molar-refractivity contribution is 5.85. The van der Waals surface area contributed by atoms with Crippen LogP contribution in [0.3, 0.4) is 0 Å². The lowest BCUT2D eigenvalue weighted by atomic mass is 9.88. The van der Waals surface area contributed by atoms with Gasteiger partial charge in [0, 0.05) is 30.5 Å². The molecule has 29 heavy (non-hydrogen) atoms. The lowest BCUT2D eigenvalue weighted by molar-refractivity contribution is 0.686. The van der Waals surface area contributed by atoms with E-state index in [0.29, 0.717) is 0 Å². The molecule has 0 spiro atoms. The molecule has 0 amide bonds. The summed E-state index contributed by atoms with van der Waals surface area (Å²) in [6.45, 7) is 2.05. The number of nitrogens with zero attached hydrogens (tertiary/aromatic N) is 3. The number of benzene rings is 2. The third-order valence-electron chi connectivity index (χ3n) is 6.14. The van der Waals surface area contributed by atoms with Crippen LogP contribution < -0.4 is 4.90 Å². The van der Waals surface area contributed by atoms with E-state index >= 15 is 0 Å². The summed E-state index contributed by atoms with van der Waals surface area (Å²) in [7, 11) is 0. The molecule has 1 saturated heterocycles. The Kier molecular flexibility index (Phi) is 4.62. The van der Waals surface area contributed by atoms with Crippen LogP contribution >= 0.6 is 0 Å². The summed E-state index contributed by atoms with van der Waals surface area (Å²) in [5.74, 6) is 0. The molecule has 0 saturated carbocycles. The summed E-state index contributed by atoms with van der Waals surface area (Å²) in [5, 5.41) is 9.36. The van der Waals surface area contributed by atoms with E-state index in [1.807, 2.05) is 18.3 Å². The van der Waals surface area contributed by atoms with Crippen LogP contribution in [0.1, 0.15) is 40.8 Å². The van der Waals surface area contributed by atoms with Gasteiger partial charge in [-0.1, -0.05) is 35.9 Å². The van der Waals surface area contributed by atoms with E-state index in [1.165, 1.54) is 33.5 Å². The summed E-state index contributed by atoms with van der Waals surface area (Å²) in [6, 6.07) is 23.4. The first-order valence-electron chi connectivity index (χ1n) is 10.3. The van der Waals surface area contributed by atoms with Gasteiger partial charge in [0.05, 0.1) is 17.3 Å². The van der Waals surface area contributed by atoms with Crippen molar-refractivity contribution in [3.8, 4) is 6.07 Å². The number of aromatic nitrogens is 1. The van der Waals surface area contributed by atoms with Gasteiger partial charge in [-0.2, -0.15) is 5.26 Å². The number of pyridine rings is 1.